The molecule has 0 radical (unpaired) electrons. The summed E-state index contributed by atoms with van der Waals surface area (Å²) in [6.07, 6.45) is -4.71. The van der Waals surface area contributed by atoms with E-state index in [1.54, 1.807) is 13.0 Å². The van der Waals surface area contributed by atoms with Gasteiger partial charge in [-0.05, 0) is 19.9 Å². The lowest BCUT2D eigenvalue weighted by Gasteiger charge is -2.12. The average molecular weight is 288 g/mol. The first-order chi connectivity index (χ1) is 9.18. The first-order valence-corrected chi connectivity index (χ1v) is 5.62. The molecule has 0 aromatic carbocycles. The van der Waals surface area contributed by atoms with Crippen LogP contribution in [0.15, 0.2) is 6.07 Å². The molecule has 0 aliphatic carbocycles. The Bertz CT molecular complexity index is 665. The number of aryl methyl sites for hydroxylation is 1. The number of nitrogens with one attached hydrogen (secondary N) is 2. The second-order valence-electron chi connectivity index (χ2n) is 4.31. The third-order valence-corrected chi connectivity index (χ3v) is 2.60. The van der Waals surface area contributed by atoms with Crippen molar-refractivity contribution in [3.63, 3.8) is 0 Å². The second kappa shape index (κ2) is 4.66. The fraction of sp³-hybridized carbons (Fsp3) is 0.364. The van der Waals surface area contributed by atoms with Crippen LogP contribution in [0.4, 0.5) is 19.0 Å². The Labute approximate surface area is 111 Å². The smallest absolute Gasteiger partial charge is 0.451 e. The molecule has 3 N–H and O–H groups in total. The van der Waals surface area contributed by atoms with Crippen molar-refractivity contribution in [2.24, 2.45) is 0 Å². The predicted octanol–water partition coefficient (Wildman–Crippen LogP) is 2.17. The van der Waals surface area contributed by atoms with Crippen LogP contribution in [0, 0.1) is 6.92 Å². The molecule has 0 spiro atoms. The third kappa shape index (κ3) is 2.65. The fourth-order valence-electron chi connectivity index (χ4n) is 1.64. The molecule has 0 bridgehead atoms. The van der Waals surface area contributed by atoms with E-state index in [4.69, 9.17) is 5.11 Å². The Hall–Kier alpha value is -2.32. The number of hydrogen-bond donors (Lipinski definition) is 3. The van der Waals surface area contributed by atoms with Gasteiger partial charge in [0.15, 0.2) is 0 Å². The zero-order valence-electron chi connectivity index (χ0n) is 10.5. The molecule has 9 heteroatoms. The van der Waals surface area contributed by atoms with Crippen molar-refractivity contribution >= 4 is 22.8 Å². The van der Waals surface area contributed by atoms with E-state index in [9.17, 15) is 18.0 Å². The van der Waals surface area contributed by atoms with E-state index in [2.05, 4.69) is 20.3 Å². The van der Waals surface area contributed by atoms with Crippen molar-refractivity contribution in [3.8, 4) is 0 Å². The summed E-state index contributed by atoms with van der Waals surface area (Å²) in [5.41, 5.74) is 0.601. The molecule has 20 heavy (non-hydrogen) atoms. The topological polar surface area (TPSA) is 90.9 Å². The number of alkyl halides is 3. The Morgan fingerprint density at radius 3 is 2.65 bits per heavy atom. The number of rotatable bonds is 3. The van der Waals surface area contributed by atoms with Crippen molar-refractivity contribution in [2.45, 2.75) is 26.1 Å². The molecule has 2 heterocycles. The summed E-state index contributed by atoms with van der Waals surface area (Å²) in [5, 5.41) is 11.6. The Morgan fingerprint density at radius 1 is 1.45 bits per heavy atom. The average Bonchev–Trinajstić information content (AvgIpc) is 2.68. The largest absolute Gasteiger partial charge is 0.480 e. The van der Waals surface area contributed by atoms with Crippen molar-refractivity contribution < 1.29 is 23.1 Å². The minimum Gasteiger partial charge on any atom is -0.480 e. The summed E-state index contributed by atoms with van der Waals surface area (Å²) in [4.78, 5) is 20.2. The molecule has 108 valence electrons. The Kier molecular flexibility index (Phi) is 3.28. The molecule has 0 amide bonds. The summed E-state index contributed by atoms with van der Waals surface area (Å²) in [7, 11) is 0. The Morgan fingerprint density at radius 2 is 2.10 bits per heavy atom. The summed E-state index contributed by atoms with van der Waals surface area (Å²) < 4.78 is 38.1. The SMILES string of the molecule is Cc1cc2c(NC(C)C(=O)O)nc(C(F)(F)F)nc2[nH]1. The molecule has 0 aliphatic rings. The molecule has 6 nitrogen and oxygen atoms in total. The van der Waals surface area contributed by atoms with Crippen LogP contribution in [-0.2, 0) is 11.0 Å². The standard InChI is InChI=1S/C11H11F3N4O2/c1-4-3-6-7(15-4)17-10(11(12,13)14)18-8(6)16-5(2)9(19)20/h3,5H,1-2H3,(H,19,20)(H2,15,16,17,18). The highest BCUT2D eigenvalue weighted by Gasteiger charge is 2.36. The van der Waals surface area contributed by atoms with Gasteiger partial charge in [-0.2, -0.15) is 13.2 Å². The maximum absolute atomic E-state index is 12.7. The lowest BCUT2D eigenvalue weighted by Crippen LogP contribution is -2.26. The molecular weight excluding hydrogens is 277 g/mol. The van der Waals surface area contributed by atoms with Gasteiger partial charge in [-0.15, -0.1) is 0 Å². The quantitative estimate of drug-likeness (QED) is 0.805. The second-order valence-corrected chi connectivity index (χ2v) is 4.31. The van der Waals surface area contributed by atoms with Crippen LogP contribution in [0.25, 0.3) is 11.0 Å². The van der Waals surface area contributed by atoms with Gasteiger partial charge in [0.25, 0.3) is 0 Å². The highest BCUT2D eigenvalue weighted by molar-refractivity contribution is 5.89. The number of hydrogen-bond acceptors (Lipinski definition) is 4. The number of H-pyrrole nitrogens is 1. The number of carboxylic acid groups (broad SMARTS) is 1. The molecule has 1 unspecified atom stereocenters. The van der Waals surface area contributed by atoms with Gasteiger partial charge in [-0.1, -0.05) is 0 Å². The van der Waals surface area contributed by atoms with E-state index in [0.717, 1.165) is 0 Å². The number of nitrogens with zero attached hydrogens (tertiary/aromatic N) is 2. The summed E-state index contributed by atoms with van der Waals surface area (Å²) in [6, 6.07) is 0.469. The van der Waals surface area contributed by atoms with E-state index in [1.165, 1.54) is 6.92 Å². The number of halogens is 3. The van der Waals surface area contributed by atoms with Gasteiger partial charge in [-0.3, -0.25) is 4.79 Å². The molecule has 0 saturated heterocycles. The maximum Gasteiger partial charge on any atom is 0.451 e. The third-order valence-electron chi connectivity index (χ3n) is 2.60. The van der Waals surface area contributed by atoms with Crippen molar-refractivity contribution in [1.82, 2.24) is 15.0 Å². The number of fused-ring (bicyclic) bond motifs is 1. The van der Waals surface area contributed by atoms with Crippen molar-refractivity contribution in [1.29, 1.82) is 0 Å². The molecule has 0 saturated carbocycles. The minimum atomic E-state index is -4.71. The highest BCUT2D eigenvalue weighted by atomic mass is 19.4. The lowest BCUT2D eigenvalue weighted by molar-refractivity contribution is -0.144. The molecule has 0 aliphatic heterocycles. The van der Waals surface area contributed by atoms with Gasteiger partial charge in [0.05, 0.1) is 5.39 Å². The molecule has 2 aromatic rings. The zero-order chi connectivity index (χ0) is 15.1. The molecule has 0 fully saturated rings. The first kappa shape index (κ1) is 14.1. The summed E-state index contributed by atoms with van der Waals surface area (Å²) in [6.45, 7) is 2.96. The van der Waals surface area contributed by atoms with Gasteiger partial charge in [-0.25, -0.2) is 9.97 Å². The van der Waals surface area contributed by atoms with Crippen LogP contribution < -0.4 is 5.32 Å². The summed E-state index contributed by atoms with van der Waals surface area (Å²) >= 11 is 0. The van der Waals surface area contributed by atoms with Crippen LogP contribution in [0.1, 0.15) is 18.4 Å². The summed E-state index contributed by atoms with van der Waals surface area (Å²) in [5.74, 6) is -2.69. The van der Waals surface area contributed by atoms with Gasteiger partial charge >= 0.3 is 12.1 Å². The van der Waals surface area contributed by atoms with Crippen LogP contribution >= 0.6 is 0 Å². The molecule has 2 aromatic heterocycles. The lowest BCUT2D eigenvalue weighted by atomic mass is 10.3. The van der Waals surface area contributed by atoms with E-state index in [1.807, 2.05) is 0 Å². The van der Waals surface area contributed by atoms with Gasteiger partial charge < -0.3 is 15.4 Å². The number of carboxylic acids is 1. The van der Waals surface area contributed by atoms with Crippen LogP contribution in [0.5, 0.6) is 0 Å². The normalized spacial score (nSPS) is 13.4. The number of carbonyl (C=O) groups is 1. The monoisotopic (exact) mass is 288 g/mol. The number of aliphatic carboxylic acids is 1. The van der Waals surface area contributed by atoms with E-state index < -0.39 is 24.0 Å². The zero-order valence-corrected chi connectivity index (χ0v) is 10.5. The first-order valence-electron chi connectivity index (χ1n) is 5.62. The van der Waals surface area contributed by atoms with Crippen molar-refractivity contribution in [2.75, 3.05) is 5.32 Å². The fourth-order valence-corrected chi connectivity index (χ4v) is 1.64. The molecular formula is C11H11F3N4O2. The number of aromatic nitrogens is 3. The van der Waals surface area contributed by atoms with Crippen LogP contribution in [0.3, 0.4) is 0 Å². The van der Waals surface area contributed by atoms with Crippen LogP contribution in [0.2, 0.25) is 0 Å². The number of anilines is 1. The Balaban J connectivity index is 2.57. The predicted molar refractivity (Wildman–Crippen MR) is 64.3 cm³/mol. The van der Waals surface area contributed by atoms with Crippen LogP contribution in [-0.4, -0.2) is 32.1 Å². The van der Waals surface area contributed by atoms with Gasteiger partial charge in [0.1, 0.15) is 17.5 Å². The van der Waals surface area contributed by atoms with E-state index in [0.29, 0.717) is 11.1 Å². The molecule has 2 rings (SSSR count). The van der Waals surface area contributed by atoms with E-state index in [-0.39, 0.29) is 11.5 Å². The number of aromatic amines is 1. The van der Waals surface area contributed by atoms with E-state index >= 15 is 0 Å². The van der Waals surface area contributed by atoms with Gasteiger partial charge in [0, 0.05) is 5.69 Å². The molecule has 1 atom stereocenters. The highest BCUT2D eigenvalue weighted by Crippen LogP contribution is 2.30. The minimum absolute atomic E-state index is 0.00455. The maximum atomic E-state index is 12.7. The van der Waals surface area contributed by atoms with Crippen molar-refractivity contribution in [3.05, 3.63) is 17.6 Å². The van der Waals surface area contributed by atoms with Gasteiger partial charge in [0.2, 0.25) is 5.82 Å².